The molecule has 1 heterocycles. The number of oxazole rings is 1. The van der Waals surface area contributed by atoms with Gasteiger partial charge in [-0.15, -0.1) is 0 Å². The van der Waals surface area contributed by atoms with Crippen LogP contribution in [0.2, 0.25) is 0 Å². The van der Waals surface area contributed by atoms with Gasteiger partial charge in [0.15, 0.2) is 5.58 Å². The van der Waals surface area contributed by atoms with Crippen LogP contribution >= 0.6 is 0 Å². The Hall–Kier alpha value is -2.57. The molecular weight excluding hydrogens is 288 g/mol. The molecule has 0 aliphatic carbocycles. The van der Waals surface area contributed by atoms with E-state index in [1.807, 2.05) is 0 Å². The summed E-state index contributed by atoms with van der Waals surface area (Å²) in [6, 6.07) is 6.70. The number of aromatic nitrogens is 1. The van der Waals surface area contributed by atoms with Crippen molar-refractivity contribution < 1.29 is 22.0 Å². The number of hydrogen-bond acceptors (Lipinski definition) is 3. The van der Waals surface area contributed by atoms with Crippen molar-refractivity contribution in [3.05, 3.63) is 47.8 Å². The van der Waals surface area contributed by atoms with Gasteiger partial charge in [-0.2, -0.15) is 13.2 Å². The van der Waals surface area contributed by atoms with Crippen molar-refractivity contribution in [2.75, 3.05) is 5.73 Å². The molecule has 108 valence electrons. The number of halogens is 4. The molecule has 3 nitrogen and oxygen atoms in total. The number of anilines is 1. The lowest BCUT2D eigenvalue weighted by Gasteiger charge is -2.04. The number of rotatable bonds is 1. The van der Waals surface area contributed by atoms with E-state index in [0.29, 0.717) is 5.69 Å². The van der Waals surface area contributed by atoms with Crippen LogP contribution in [0.15, 0.2) is 40.8 Å². The molecule has 1 aromatic heterocycles. The molecule has 0 spiro atoms. The Kier molecular flexibility index (Phi) is 2.86. The van der Waals surface area contributed by atoms with E-state index >= 15 is 0 Å². The highest BCUT2D eigenvalue weighted by Crippen LogP contribution is 2.33. The number of alkyl halides is 3. The van der Waals surface area contributed by atoms with Crippen molar-refractivity contribution in [1.82, 2.24) is 4.98 Å². The molecule has 0 aliphatic heterocycles. The van der Waals surface area contributed by atoms with Gasteiger partial charge in [0.25, 0.3) is 0 Å². The quantitative estimate of drug-likeness (QED) is 0.540. The monoisotopic (exact) mass is 296 g/mol. The molecule has 0 radical (unpaired) electrons. The Morgan fingerprint density at radius 1 is 1.05 bits per heavy atom. The molecule has 0 saturated carbocycles. The van der Waals surface area contributed by atoms with Gasteiger partial charge in [-0.3, -0.25) is 0 Å². The molecule has 0 unspecified atom stereocenters. The van der Waals surface area contributed by atoms with Crippen molar-refractivity contribution in [2.45, 2.75) is 6.18 Å². The first-order chi connectivity index (χ1) is 9.84. The molecular formula is C14H8F4N2O. The molecule has 7 heteroatoms. The van der Waals surface area contributed by atoms with Gasteiger partial charge in [0, 0.05) is 5.69 Å². The lowest BCUT2D eigenvalue weighted by molar-refractivity contribution is -0.137. The van der Waals surface area contributed by atoms with Gasteiger partial charge in [-0.25, -0.2) is 9.37 Å². The van der Waals surface area contributed by atoms with Crippen LogP contribution in [0.1, 0.15) is 5.56 Å². The van der Waals surface area contributed by atoms with Gasteiger partial charge in [-0.05, 0) is 36.4 Å². The lowest BCUT2D eigenvalue weighted by atomic mass is 10.2. The zero-order chi connectivity index (χ0) is 15.2. The fraction of sp³-hybridized carbons (Fsp3) is 0.0714. The summed E-state index contributed by atoms with van der Waals surface area (Å²) in [6.07, 6.45) is -4.48. The number of fused-ring (bicyclic) bond motifs is 1. The summed E-state index contributed by atoms with van der Waals surface area (Å²) < 4.78 is 56.9. The highest BCUT2D eigenvalue weighted by Gasteiger charge is 2.31. The van der Waals surface area contributed by atoms with Crippen LogP contribution in [0.5, 0.6) is 0 Å². The summed E-state index contributed by atoms with van der Waals surface area (Å²) in [5.41, 5.74) is 5.15. The number of nitrogens with zero attached hydrogens (tertiary/aromatic N) is 1. The Morgan fingerprint density at radius 3 is 2.52 bits per heavy atom. The topological polar surface area (TPSA) is 52.0 Å². The molecule has 3 rings (SSSR count). The van der Waals surface area contributed by atoms with Gasteiger partial charge < -0.3 is 10.2 Å². The standard InChI is InChI=1S/C14H8F4N2O/c15-10-3-2-8(19)6-9(10)13-20-11-5-7(14(16,17)18)1-4-12(11)21-13/h1-6H,19H2. The van der Waals surface area contributed by atoms with E-state index in [4.69, 9.17) is 10.2 Å². The Morgan fingerprint density at radius 2 is 1.81 bits per heavy atom. The summed E-state index contributed by atoms with van der Waals surface area (Å²) in [4.78, 5) is 3.90. The summed E-state index contributed by atoms with van der Waals surface area (Å²) >= 11 is 0. The third-order valence-corrected chi connectivity index (χ3v) is 2.94. The summed E-state index contributed by atoms with van der Waals surface area (Å²) in [6.45, 7) is 0. The molecule has 0 fully saturated rings. The van der Waals surface area contributed by atoms with Crippen LogP contribution in [0.4, 0.5) is 23.2 Å². The number of hydrogen-bond donors (Lipinski definition) is 1. The molecule has 0 aliphatic rings. The van der Waals surface area contributed by atoms with Crippen molar-refractivity contribution in [3.63, 3.8) is 0 Å². The Bertz CT molecular complexity index is 823. The number of nitrogens with two attached hydrogens (primary N) is 1. The molecule has 0 saturated heterocycles. The average molecular weight is 296 g/mol. The second-order valence-corrected chi connectivity index (χ2v) is 4.44. The van der Waals surface area contributed by atoms with Gasteiger partial charge in [0.2, 0.25) is 5.89 Å². The maximum Gasteiger partial charge on any atom is 0.416 e. The van der Waals surface area contributed by atoms with E-state index < -0.39 is 17.6 Å². The van der Waals surface area contributed by atoms with Crippen LogP contribution < -0.4 is 5.73 Å². The van der Waals surface area contributed by atoms with E-state index in [1.54, 1.807) is 0 Å². The van der Waals surface area contributed by atoms with Crippen LogP contribution in [0.25, 0.3) is 22.6 Å². The van der Waals surface area contributed by atoms with Crippen molar-refractivity contribution in [2.24, 2.45) is 0 Å². The first kappa shape index (κ1) is 13.4. The fourth-order valence-electron chi connectivity index (χ4n) is 1.93. The summed E-state index contributed by atoms with van der Waals surface area (Å²) in [7, 11) is 0. The minimum atomic E-state index is -4.48. The zero-order valence-electron chi connectivity index (χ0n) is 10.4. The smallest absolute Gasteiger partial charge is 0.416 e. The highest BCUT2D eigenvalue weighted by atomic mass is 19.4. The van der Waals surface area contributed by atoms with Crippen molar-refractivity contribution >= 4 is 16.8 Å². The van der Waals surface area contributed by atoms with Crippen LogP contribution in [0, 0.1) is 5.82 Å². The largest absolute Gasteiger partial charge is 0.436 e. The van der Waals surface area contributed by atoms with E-state index in [1.165, 1.54) is 12.1 Å². The molecule has 0 bridgehead atoms. The molecule has 0 amide bonds. The first-order valence-corrected chi connectivity index (χ1v) is 5.88. The minimum Gasteiger partial charge on any atom is -0.436 e. The average Bonchev–Trinajstić information content (AvgIpc) is 2.83. The van der Waals surface area contributed by atoms with Gasteiger partial charge in [0.05, 0.1) is 11.1 Å². The molecule has 3 aromatic rings. The predicted octanol–water partition coefficient (Wildman–Crippen LogP) is 4.23. The first-order valence-electron chi connectivity index (χ1n) is 5.88. The van der Waals surface area contributed by atoms with E-state index in [-0.39, 0.29) is 22.6 Å². The SMILES string of the molecule is Nc1ccc(F)c(-c2nc3cc(C(F)(F)F)ccc3o2)c1. The van der Waals surface area contributed by atoms with Crippen molar-refractivity contribution in [3.8, 4) is 11.5 Å². The van der Waals surface area contributed by atoms with Crippen molar-refractivity contribution in [1.29, 1.82) is 0 Å². The third kappa shape index (κ3) is 2.42. The zero-order valence-corrected chi connectivity index (χ0v) is 10.4. The highest BCUT2D eigenvalue weighted by molar-refractivity contribution is 5.77. The Balaban J connectivity index is 2.15. The second-order valence-electron chi connectivity index (χ2n) is 4.44. The maximum atomic E-state index is 13.7. The summed E-state index contributed by atoms with van der Waals surface area (Å²) in [5, 5.41) is 0. The van der Waals surface area contributed by atoms with E-state index in [9.17, 15) is 17.6 Å². The van der Waals surface area contributed by atoms with E-state index in [2.05, 4.69) is 4.98 Å². The van der Waals surface area contributed by atoms with Gasteiger partial charge in [-0.1, -0.05) is 0 Å². The third-order valence-electron chi connectivity index (χ3n) is 2.94. The van der Waals surface area contributed by atoms with Crippen LogP contribution in [0.3, 0.4) is 0 Å². The lowest BCUT2D eigenvalue weighted by Crippen LogP contribution is -2.03. The van der Waals surface area contributed by atoms with Crippen LogP contribution in [-0.2, 0) is 6.18 Å². The fourth-order valence-corrected chi connectivity index (χ4v) is 1.93. The number of benzene rings is 2. The van der Waals surface area contributed by atoms with Gasteiger partial charge in [0.1, 0.15) is 11.3 Å². The van der Waals surface area contributed by atoms with Gasteiger partial charge >= 0.3 is 6.18 Å². The normalized spacial score (nSPS) is 12.0. The second kappa shape index (κ2) is 4.47. The minimum absolute atomic E-state index is 0.000223. The number of nitrogen functional groups attached to an aromatic ring is 1. The Labute approximate surface area is 116 Å². The maximum absolute atomic E-state index is 13.7. The predicted molar refractivity (Wildman–Crippen MR) is 68.8 cm³/mol. The molecule has 2 aromatic carbocycles. The summed E-state index contributed by atoms with van der Waals surface area (Å²) in [5.74, 6) is -0.735. The molecule has 2 N–H and O–H groups in total. The van der Waals surface area contributed by atoms with E-state index in [0.717, 1.165) is 24.3 Å². The molecule has 21 heavy (non-hydrogen) atoms. The molecule has 0 atom stereocenters. The van der Waals surface area contributed by atoms with Crippen LogP contribution in [-0.4, -0.2) is 4.98 Å².